The Morgan fingerprint density at radius 3 is 2.40 bits per heavy atom. The average molecular weight is 361 g/mol. The molecule has 1 fully saturated rings. The Morgan fingerprint density at radius 2 is 1.72 bits per heavy atom. The van der Waals surface area contributed by atoms with Crippen LogP contribution in [0.3, 0.4) is 0 Å². The summed E-state index contributed by atoms with van der Waals surface area (Å²) in [5, 5.41) is -1.24. The second kappa shape index (κ2) is 8.00. The van der Waals surface area contributed by atoms with E-state index in [2.05, 4.69) is 24.3 Å². The maximum atomic E-state index is 12.9. The summed E-state index contributed by atoms with van der Waals surface area (Å²) in [4.78, 5) is 13.2. The monoisotopic (exact) mass is 361 g/mol. The molecule has 2 nitrogen and oxygen atoms in total. The van der Waals surface area contributed by atoms with Crippen LogP contribution in [0.2, 0.25) is 0 Å². The Bertz CT molecular complexity index is 733. The molecule has 2 aromatic rings. The highest BCUT2D eigenvalue weighted by Gasteiger charge is 2.36. The van der Waals surface area contributed by atoms with E-state index < -0.39 is 17.2 Å². The molecule has 1 aliphatic rings. The molecule has 0 spiro atoms. The van der Waals surface area contributed by atoms with Crippen LogP contribution >= 0.6 is 11.8 Å². The summed E-state index contributed by atoms with van der Waals surface area (Å²) in [5.74, 6) is -1.86. The van der Waals surface area contributed by atoms with Crippen LogP contribution in [0.25, 0.3) is 11.1 Å². The van der Waals surface area contributed by atoms with E-state index in [4.69, 9.17) is 0 Å². The van der Waals surface area contributed by atoms with Crippen molar-refractivity contribution in [2.24, 2.45) is 5.92 Å². The maximum absolute atomic E-state index is 12.9. The van der Waals surface area contributed by atoms with Crippen molar-refractivity contribution in [2.45, 2.75) is 36.5 Å². The molecule has 5 heteroatoms. The first-order valence-electron chi connectivity index (χ1n) is 8.50. The van der Waals surface area contributed by atoms with Gasteiger partial charge in [0.1, 0.15) is 0 Å². The number of thioether (sulfide) groups is 1. The third-order valence-corrected chi connectivity index (χ3v) is 5.75. The van der Waals surface area contributed by atoms with Crippen molar-refractivity contribution in [1.82, 2.24) is 5.34 Å². The van der Waals surface area contributed by atoms with Gasteiger partial charge in [0.25, 0.3) is 5.91 Å². The van der Waals surface area contributed by atoms with Crippen LogP contribution in [0.1, 0.15) is 37.2 Å². The molecule has 25 heavy (non-hydrogen) atoms. The first-order valence-corrected chi connectivity index (χ1v) is 9.73. The Morgan fingerprint density at radius 1 is 1.04 bits per heavy atom. The van der Waals surface area contributed by atoms with Gasteiger partial charge in [-0.25, -0.2) is 0 Å². The van der Waals surface area contributed by atoms with Gasteiger partial charge in [0.05, 0.1) is 5.92 Å². The minimum atomic E-state index is -1.24. The number of carbonyl (C=O) groups is 1. The molecule has 0 heterocycles. The van der Waals surface area contributed by atoms with E-state index in [-0.39, 0.29) is 5.92 Å². The van der Waals surface area contributed by atoms with Crippen LogP contribution in [0.5, 0.6) is 0 Å². The van der Waals surface area contributed by atoms with Gasteiger partial charge in [-0.15, -0.1) is 11.8 Å². The van der Waals surface area contributed by atoms with Crippen LogP contribution in [-0.4, -0.2) is 17.5 Å². The second-order valence-corrected chi connectivity index (χ2v) is 7.26. The first kappa shape index (κ1) is 17.9. The molecule has 2 unspecified atom stereocenters. The third kappa shape index (κ3) is 3.87. The highest BCUT2D eigenvalue weighted by atomic mass is 32.2. The number of halogens is 2. The topological polar surface area (TPSA) is 20.3 Å². The van der Waals surface area contributed by atoms with Crippen molar-refractivity contribution in [3.63, 3.8) is 0 Å². The summed E-state index contributed by atoms with van der Waals surface area (Å²) in [6, 6.07) is 16.1. The quantitative estimate of drug-likeness (QED) is 0.496. The van der Waals surface area contributed by atoms with E-state index in [1.165, 1.54) is 4.90 Å². The lowest BCUT2D eigenvalue weighted by atomic mass is 9.73. The van der Waals surface area contributed by atoms with Crippen molar-refractivity contribution < 1.29 is 13.8 Å². The number of hydrogen-bond acceptors (Lipinski definition) is 2. The standard InChI is InChI=1S/C20H21F2NOS/c1-25-15-12-10-14(11-13-15)16-6-2-3-7-17(16)18-8-4-5-9-19(18)20(24)23(21)22/h2-3,6-7,10-13,18-19H,4-5,8-9H2,1H3. The molecule has 0 radical (unpaired) electrons. The summed E-state index contributed by atoms with van der Waals surface area (Å²) in [5.41, 5.74) is 3.09. The zero-order valence-electron chi connectivity index (χ0n) is 14.1. The number of benzene rings is 2. The van der Waals surface area contributed by atoms with Gasteiger partial charge in [-0.3, -0.25) is 4.79 Å². The van der Waals surface area contributed by atoms with Crippen molar-refractivity contribution in [1.29, 1.82) is 0 Å². The molecule has 2 aromatic carbocycles. The lowest BCUT2D eigenvalue weighted by molar-refractivity contribution is -0.193. The van der Waals surface area contributed by atoms with Crippen molar-refractivity contribution in [3.8, 4) is 11.1 Å². The summed E-state index contributed by atoms with van der Waals surface area (Å²) in [6.45, 7) is 0. The number of hydrogen-bond donors (Lipinski definition) is 0. The smallest absolute Gasteiger partial charge is 0.269 e. The van der Waals surface area contributed by atoms with Crippen molar-refractivity contribution >= 4 is 17.7 Å². The summed E-state index contributed by atoms with van der Waals surface area (Å²) < 4.78 is 25.8. The molecule has 0 N–H and O–H groups in total. The molecular weight excluding hydrogens is 340 g/mol. The van der Waals surface area contributed by atoms with E-state index in [0.717, 1.165) is 36.0 Å². The average Bonchev–Trinajstić information content (AvgIpc) is 2.67. The minimum absolute atomic E-state index is 0.160. The molecule has 1 amide bonds. The van der Waals surface area contributed by atoms with Gasteiger partial charge in [-0.1, -0.05) is 58.2 Å². The normalized spacial score (nSPS) is 20.3. The predicted octanol–water partition coefficient (Wildman–Crippen LogP) is 5.95. The maximum Gasteiger partial charge on any atom is 0.287 e. The molecule has 0 aromatic heterocycles. The Labute approximate surface area is 151 Å². The molecule has 0 bridgehead atoms. The zero-order chi connectivity index (χ0) is 17.8. The highest BCUT2D eigenvalue weighted by molar-refractivity contribution is 7.98. The number of nitrogens with zero attached hydrogens (tertiary/aromatic N) is 1. The Kier molecular flexibility index (Phi) is 5.74. The van der Waals surface area contributed by atoms with Gasteiger partial charge in [0, 0.05) is 4.90 Å². The zero-order valence-corrected chi connectivity index (χ0v) is 14.9. The predicted molar refractivity (Wildman–Crippen MR) is 97.4 cm³/mol. The Hall–Kier alpha value is -1.88. The van der Waals surface area contributed by atoms with Gasteiger partial charge >= 0.3 is 0 Å². The molecule has 132 valence electrons. The summed E-state index contributed by atoms with van der Waals surface area (Å²) in [7, 11) is 0. The van der Waals surface area contributed by atoms with Crippen LogP contribution in [-0.2, 0) is 4.79 Å². The first-order chi connectivity index (χ1) is 12.1. The largest absolute Gasteiger partial charge is 0.287 e. The van der Waals surface area contributed by atoms with Crippen molar-refractivity contribution in [3.05, 3.63) is 54.1 Å². The van der Waals surface area contributed by atoms with E-state index >= 15 is 0 Å². The summed E-state index contributed by atoms with van der Waals surface area (Å²) in [6.07, 6.45) is 5.11. The van der Waals surface area contributed by atoms with E-state index in [9.17, 15) is 13.8 Å². The van der Waals surface area contributed by atoms with Gasteiger partial charge in [0.2, 0.25) is 0 Å². The van der Waals surface area contributed by atoms with Crippen molar-refractivity contribution in [2.75, 3.05) is 6.26 Å². The fraction of sp³-hybridized carbons (Fsp3) is 0.350. The van der Waals surface area contributed by atoms with E-state index in [1.807, 2.05) is 30.5 Å². The lowest BCUT2D eigenvalue weighted by Gasteiger charge is -2.31. The van der Waals surface area contributed by atoms with Crippen LogP contribution in [0.4, 0.5) is 8.96 Å². The van der Waals surface area contributed by atoms with Crippen LogP contribution in [0, 0.1) is 5.92 Å². The third-order valence-electron chi connectivity index (χ3n) is 5.01. The van der Waals surface area contributed by atoms with Gasteiger partial charge in [-0.05, 0) is 59.2 Å². The highest BCUT2D eigenvalue weighted by Crippen LogP contribution is 2.42. The lowest BCUT2D eigenvalue weighted by Crippen LogP contribution is -2.31. The molecule has 2 atom stereocenters. The number of amides is 1. The molecular formula is C20H21F2NOS. The van der Waals surface area contributed by atoms with Gasteiger partial charge in [-0.2, -0.15) is 0 Å². The second-order valence-electron chi connectivity index (χ2n) is 6.38. The van der Waals surface area contributed by atoms with E-state index in [1.54, 1.807) is 11.8 Å². The molecule has 0 aliphatic heterocycles. The van der Waals surface area contributed by atoms with Crippen LogP contribution in [0.15, 0.2) is 53.4 Å². The Balaban J connectivity index is 1.99. The fourth-order valence-corrected chi connectivity index (χ4v) is 4.19. The SMILES string of the molecule is CSc1ccc(-c2ccccc2C2CCCCC2C(=O)N(F)F)cc1. The van der Waals surface area contributed by atoms with Gasteiger partial charge < -0.3 is 0 Å². The van der Waals surface area contributed by atoms with Gasteiger partial charge in [0.15, 0.2) is 0 Å². The molecule has 1 saturated carbocycles. The molecule has 0 saturated heterocycles. The fourth-order valence-electron chi connectivity index (χ4n) is 3.78. The number of rotatable bonds is 4. The minimum Gasteiger partial charge on any atom is -0.269 e. The molecule has 1 aliphatic carbocycles. The number of carbonyl (C=O) groups excluding carboxylic acids is 1. The summed E-state index contributed by atoms with van der Waals surface area (Å²) >= 11 is 1.68. The molecule has 3 rings (SSSR count). The van der Waals surface area contributed by atoms with E-state index in [0.29, 0.717) is 6.42 Å². The van der Waals surface area contributed by atoms with Crippen LogP contribution < -0.4 is 0 Å².